The fourth-order valence-electron chi connectivity index (χ4n) is 3.48. The van der Waals surface area contributed by atoms with E-state index in [0.29, 0.717) is 19.8 Å². The number of hydrogen-bond donors (Lipinski definition) is 0. The summed E-state index contributed by atoms with van der Waals surface area (Å²) in [6.45, 7) is 9.63. The molecule has 0 aliphatic carbocycles. The van der Waals surface area contributed by atoms with E-state index in [-0.39, 0.29) is 24.5 Å². The van der Waals surface area contributed by atoms with Crippen molar-refractivity contribution in [2.24, 2.45) is 5.41 Å². The fourth-order valence-corrected chi connectivity index (χ4v) is 3.48. The molecule has 2 heterocycles. The van der Waals surface area contributed by atoms with E-state index < -0.39 is 0 Å². The van der Waals surface area contributed by atoms with E-state index in [0.717, 1.165) is 31.4 Å². The van der Waals surface area contributed by atoms with Gasteiger partial charge in [0, 0.05) is 25.2 Å². The smallest absolute Gasteiger partial charge is 0.465 e. The van der Waals surface area contributed by atoms with Crippen molar-refractivity contribution in [3.8, 4) is 0 Å². The summed E-state index contributed by atoms with van der Waals surface area (Å²) in [4.78, 5) is 14.3. The number of rotatable bonds is 5. The van der Waals surface area contributed by atoms with Gasteiger partial charge >= 0.3 is 13.1 Å². The van der Waals surface area contributed by atoms with E-state index in [1.807, 2.05) is 19.1 Å². The van der Waals surface area contributed by atoms with Crippen LogP contribution in [0.4, 0.5) is 0 Å². The molecule has 0 saturated carbocycles. The van der Waals surface area contributed by atoms with E-state index >= 15 is 0 Å². The lowest BCUT2D eigenvalue weighted by Crippen LogP contribution is -2.47. The minimum Gasteiger partial charge on any atom is -0.465 e. The molecule has 1 aromatic carbocycles. The maximum absolute atomic E-state index is 12.1. The summed E-state index contributed by atoms with van der Waals surface area (Å²) in [5.74, 6) is -0.0997. The molecule has 1 aromatic rings. The molecule has 0 spiro atoms. The highest BCUT2D eigenvalue weighted by Crippen LogP contribution is 2.23. The fraction of sp³-hybridized carbons (Fsp3) is 0.632. The quantitative estimate of drug-likeness (QED) is 0.603. The van der Waals surface area contributed by atoms with E-state index in [1.165, 1.54) is 5.56 Å². The first-order valence-corrected chi connectivity index (χ1v) is 9.21. The van der Waals surface area contributed by atoms with Crippen LogP contribution >= 0.6 is 0 Å². The molecule has 2 fully saturated rings. The predicted molar refractivity (Wildman–Crippen MR) is 97.6 cm³/mol. The van der Waals surface area contributed by atoms with Crippen molar-refractivity contribution < 1.29 is 18.8 Å². The number of ether oxygens (including phenoxy) is 1. The third-order valence-corrected chi connectivity index (χ3v) is 4.78. The number of hydrogen-bond acceptors (Lipinski definition) is 5. The number of nitrogens with zero attached hydrogens (tertiary/aromatic N) is 1. The lowest BCUT2D eigenvalue weighted by Gasteiger charge is -2.33. The lowest BCUT2D eigenvalue weighted by molar-refractivity contribution is -0.148. The molecule has 1 atom stereocenters. The van der Waals surface area contributed by atoms with Gasteiger partial charge < -0.3 is 14.0 Å². The highest BCUT2D eigenvalue weighted by Gasteiger charge is 2.34. The molecule has 136 valence electrons. The van der Waals surface area contributed by atoms with Crippen LogP contribution in [0.5, 0.6) is 0 Å². The lowest BCUT2D eigenvalue weighted by atomic mass is 9.75. The van der Waals surface area contributed by atoms with Crippen LogP contribution in [-0.4, -0.2) is 50.4 Å². The molecule has 6 heteroatoms. The SMILES string of the molecule is CCOC(=O)[C@@H]1CCCN1Cc1cccc(B2OCC(C)(C)CO2)c1. The van der Waals surface area contributed by atoms with Gasteiger partial charge in [0.15, 0.2) is 0 Å². The summed E-state index contributed by atoms with van der Waals surface area (Å²) < 4.78 is 17.0. The maximum Gasteiger partial charge on any atom is 0.493 e. The largest absolute Gasteiger partial charge is 0.493 e. The zero-order valence-corrected chi connectivity index (χ0v) is 15.5. The van der Waals surface area contributed by atoms with Crippen molar-refractivity contribution in [1.29, 1.82) is 0 Å². The molecule has 0 unspecified atom stereocenters. The topological polar surface area (TPSA) is 48.0 Å². The number of esters is 1. The second-order valence-electron chi connectivity index (χ2n) is 7.74. The van der Waals surface area contributed by atoms with Crippen LogP contribution in [0.15, 0.2) is 24.3 Å². The van der Waals surface area contributed by atoms with Crippen LogP contribution in [0, 0.1) is 5.41 Å². The van der Waals surface area contributed by atoms with Crippen molar-refractivity contribution in [2.75, 3.05) is 26.4 Å². The third-order valence-electron chi connectivity index (χ3n) is 4.78. The summed E-state index contributed by atoms with van der Waals surface area (Å²) in [7, 11) is -0.299. The van der Waals surface area contributed by atoms with Gasteiger partial charge in [-0.3, -0.25) is 9.69 Å². The van der Waals surface area contributed by atoms with Crippen LogP contribution < -0.4 is 5.46 Å². The van der Waals surface area contributed by atoms with Gasteiger partial charge in [-0.15, -0.1) is 0 Å². The summed E-state index contributed by atoms with van der Waals surface area (Å²) in [5, 5.41) is 0. The van der Waals surface area contributed by atoms with Crippen LogP contribution in [0.25, 0.3) is 0 Å². The van der Waals surface area contributed by atoms with Gasteiger partial charge in [0.2, 0.25) is 0 Å². The Labute approximate surface area is 150 Å². The van der Waals surface area contributed by atoms with Crippen molar-refractivity contribution in [1.82, 2.24) is 4.90 Å². The molecule has 25 heavy (non-hydrogen) atoms. The van der Waals surface area contributed by atoms with Crippen molar-refractivity contribution in [3.63, 3.8) is 0 Å². The van der Waals surface area contributed by atoms with Crippen LogP contribution in [0.2, 0.25) is 0 Å². The molecule has 0 N–H and O–H groups in total. The standard InChI is InChI=1S/C19H28BNO4/c1-4-23-18(22)17-9-6-10-21(17)12-15-7-5-8-16(11-15)20-24-13-19(2,3)14-25-20/h5,7-8,11,17H,4,6,9-10,12-14H2,1-3H3/t17-/m0/s1. The number of carbonyl (C=O) groups is 1. The summed E-state index contributed by atoms with van der Waals surface area (Å²) >= 11 is 0. The zero-order valence-electron chi connectivity index (χ0n) is 15.5. The second kappa shape index (κ2) is 7.89. The molecule has 5 nitrogen and oxygen atoms in total. The average Bonchev–Trinajstić information content (AvgIpc) is 3.03. The molecule has 2 saturated heterocycles. The van der Waals surface area contributed by atoms with Gasteiger partial charge in [-0.25, -0.2) is 0 Å². The Morgan fingerprint density at radius 2 is 2.12 bits per heavy atom. The molecule has 0 bridgehead atoms. The summed E-state index contributed by atoms with van der Waals surface area (Å²) in [6.07, 6.45) is 1.91. The normalized spacial score (nSPS) is 23.6. The molecule has 0 amide bonds. The molecular formula is C19H28BNO4. The van der Waals surface area contributed by atoms with Crippen molar-refractivity contribution in [3.05, 3.63) is 29.8 Å². The van der Waals surface area contributed by atoms with E-state index in [1.54, 1.807) is 0 Å². The zero-order chi connectivity index (χ0) is 17.9. The Kier molecular flexibility index (Phi) is 5.82. The van der Waals surface area contributed by atoms with Crippen LogP contribution in [0.1, 0.15) is 39.2 Å². The van der Waals surface area contributed by atoms with E-state index in [9.17, 15) is 4.79 Å². The van der Waals surface area contributed by atoms with Crippen LogP contribution in [-0.2, 0) is 25.4 Å². The Morgan fingerprint density at radius 3 is 2.84 bits per heavy atom. The minimum atomic E-state index is -0.299. The maximum atomic E-state index is 12.1. The van der Waals surface area contributed by atoms with Crippen molar-refractivity contribution >= 4 is 18.6 Å². The van der Waals surface area contributed by atoms with Crippen molar-refractivity contribution in [2.45, 2.75) is 46.2 Å². The number of likely N-dealkylation sites (tertiary alicyclic amines) is 1. The Balaban J connectivity index is 1.65. The Morgan fingerprint density at radius 1 is 1.36 bits per heavy atom. The first-order valence-electron chi connectivity index (χ1n) is 9.21. The van der Waals surface area contributed by atoms with Crippen LogP contribution in [0.3, 0.4) is 0 Å². The highest BCUT2D eigenvalue weighted by molar-refractivity contribution is 6.61. The first-order chi connectivity index (χ1) is 12.0. The molecule has 0 aromatic heterocycles. The minimum absolute atomic E-state index is 0.0660. The molecule has 2 aliphatic rings. The first kappa shape index (κ1) is 18.4. The van der Waals surface area contributed by atoms with E-state index in [2.05, 4.69) is 30.9 Å². The highest BCUT2D eigenvalue weighted by atomic mass is 16.6. The summed E-state index contributed by atoms with van der Waals surface area (Å²) in [6, 6.07) is 8.18. The molecule has 3 rings (SSSR count). The Hall–Kier alpha value is -1.37. The van der Waals surface area contributed by atoms with Gasteiger partial charge in [-0.1, -0.05) is 38.1 Å². The van der Waals surface area contributed by atoms with Gasteiger partial charge in [-0.05, 0) is 37.3 Å². The van der Waals surface area contributed by atoms with Gasteiger partial charge in [0.25, 0.3) is 0 Å². The van der Waals surface area contributed by atoms with E-state index in [4.69, 9.17) is 14.0 Å². The van der Waals surface area contributed by atoms with Gasteiger partial charge in [0.1, 0.15) is 6.04 Å². The summed E-state index contributed by atoms with van der Waals surface area (Å²) in [5.41, 5.74) is 2.28. The Bertz CT molecular complexity index is 597. The molecular weight excluding hydrogens is 317 g/mol. The number of carbonyl (C=O) groups excluding carboxylic acids is 1. The van der Waals surface area contributed by atoms with Gasteiger partial charge in [-0.2, -0.15) is 0 Å². The molecule has 0 radical (unpaired) electrons. The predicted octanol–water partition coefficient (Wildman–Crippen LogP) is 1.98. The van der Waals surface area contributed by atoms with Gasteiger partial charge in [0.05, 0.1) is 6.61 Å². The molecule has 2 aliphatic heterocycles. The average molecular weight is 345 g/mol. The third kappa shape index (κ3) is 4.63. The monoisotopic (exact) mass is 345 g/mol. The second-order valence-corrected chi connectivity index (χ2v) is 7.74. The number of benzene rings is 1.